The summed E-state index contributed by atoms with van der Waals surface area (Å²) >= 11 is 0. The molecule has 1 heterocycles. The van der Waals surface area contributed by atoms with E-state index in [1.54, 1.807) is 0 Å². The van der Waals surface area contributed by atoms with Gasteiger partial charge in [-0.15, -0.1) is 0 Å². The van der Waals surface area contributed by atoms with Crippen molar-refractivity contribution in [3.63, 3.8) is 0 Å². The highest BCUT2D eigenvalue weighted by Gasteiger charge is 2.38. The van der Waals surface area contributed by atoms with Crippen LogP contribution in [0.15, 0.2) is 0 Å². The molecule has 1 saturated heterocycles. The number of nitrogens with one attached hydrogen (secondary N) is 1. The van der Waals surface area contributed by atoms with Gasteiger partial charge in [-0.05, 0) is 0 Å². The van der Waals surface area contributed by atoms with Crippen LogP contribution in [0, 0.1) is 0 Å². The summed E-state index contributed by atoms with van der Waals surface area (Å²) < 4.78 is 0. The highest BCUT2D eigenvalue weighted by molar-refractivity contribution is 5.89. The fourth-order valence-corrected chi connectivity index (χ4v) is 0.546. The molecular formula is C4H3NO4-2. The Morgan fingerprint density at radius 1 is 1.11 bits per heavy atom. The predicted molar refractivity (Wildman–Crippen MR) is 20.7 cm³/mol. The number of hydrogen-bond acceptors (Lipinski definition) is 5. The molecule has 5 heteroatoms. The van der Waals surface area contributed by atoms with Crippen LogP contribution in [0.4, 0.5) is 0 Å². The van der Waals surface area contributed by atoms with Crippen LogP contribution in [0.2, 0.25) is 0 Å². The summed E-state index contributed by atoms with van der Waals surface area (Å²) in [5.74, 6) is -2.80. The van der Waals surface area contributed by atoms with Crippen LogP contribution in [0.3, 0.4) is 0 Å². The highest BCUT2D eigenvalue weighted by Crippen LogP contribution is 2.07. The summed E-state index contributed by atoms with van der Waals surface area (Å²) in [6.07, 6.45) is 0. The van der Waals surface area contributed by atoms with Crippen LogP contribution in [-0.4, -0.2) is 24.0 Å². The van der Waals surface area contributed by atoms with E-state index in [9.17, 15) is 19.8 Å². The van der Waals surface area contributed by atoms with Crippen LogP contribution >= 0.6 is 0 Å². The van der Waals surface area contributed by atoms with Crippen molar-refractivity contribution < 1.29 is 19.8 Å². The molecule has 1 fully saturated rings. The van der Waals surface area contributed by atoms with E-state index in [4.69, 9.17) is 0 Å². The first-order valence-corrected chi connectivity index (χ1v) is 2.30. The molecule has 0 aliphatic carbocycles. The van der Waals surface area contributed by atoms with Gasteiger partial charge in [0.25, 0.3) is 0 Å². The summed E-state index contributed by atoms with van der Waals surface area (Å²) in [6.45, 7) is 0. The molecule has 0 amide bonds. The van der Waals surface area contributed by atoms with Crippen molar-refractivity contribution in [2.45, 2.75) is 12.1 Å². The van der Waals surface area contributed by atoms with E-state index < -0.39 is 24.0 Å². The van der Waals surface area contributed by atoms with Gasteiger partial charge in [0.15, 0.2) is 0 Å². The lowest BCUT2D eigenvalue weighted by Crippen LogP contribution is -2.35. The van der Waals surface area contributed by atoms with Crippen molar-refractivity contribution in [3.05, 3.63) is 0 Å². The highest BCUT2D eigenvalue weighted by atomic mass is 16.4. The number of hydrogen-bond donors (Lipinski definition) is 1. The number of carboxylic acids is 2. The van der Waals surface area contributed by atoms with Gasteiger partial charge in [0.2, 0.25) is 0 Å². The molecule has 1 aliphatic rings. The van der Waals surface area contributed by atoms with Gasteiger partial charge in [-0.2, -0.15) is 0 Å². The molecule has 5 nitrogen and oxygen atoms in total. The van der Waals surface area contributed by atoms with Crippen LogP contribution in [0.25, 0.3) is 0 Å². The maximum atomic E-state index is 9.81. The van der Waals surface area contributed by atoms with E-state index in [0.717, 1.165) is 0 Å². The first-order chi connectivity index (χ1) is 4.13. The minimum Gasteiger partial charge on any atom is -0.548 e. The van der Waals surface area contributed by atoms with Crippen molar-refractivity contribution in [2.24, 2.45) is 0 Å². The van der Waals surface area contributed by atoms with E-state index in [2.05, 4.69) is 5.32 Å². The van der Waals surface area contributed by atoms with Crippen molar-refractivity contribution in [2.75, 3.05) is 0 Å². The third-order valence-corrected chi connectivity index (χ3v) is 1.09. The Balaban J connectivity index is 2.42. The number of carbonyl (C=O) groups excluding carboxylic acids is 2. The largest absolute Gasteiger partial charge is 0.548 e. The Hall–Kier alpha value is -1.10. The summed E-state index contributed by atoms with van der Waals surface area (Å²) in [7, 11) is 0. The molecule has 1 aliphatic heterocycles. The molecule has 0 aromatic heterocycles. The molecule has 50 valence electrons. The normalized spacial score (nSPS) is 31.6. The quantitative estimate of drug-likeness (QED) is 0.381. The second-order valence-electron chi connectivity index (χ2n) is 1.76. The van der Waals surface area contributed by atoms with Gasteiger partial charge in [0.1, 0.15) is 0 Å². The average Bonchev–Trinajstić information content (AvgIpc) is 2.39. The van der Waals surface area contributed by atoms with E-state index in [0.29, 0.717) is 0 Å². The number of aliphatic carboxylic acids is 2. The first kappa shape index (κ1) is 6.03. The van der Waals surface area contributed by atoms with Gasteiger partial charge in [-0.1, -0.05) is 0 Å². The topological polar surface area (TPSA) is 102 Å². The zero-order valence-electron chi connectivity index (χ0n) is 4.29. The second-order valence-corrected chi connectivity index (χ2v) is 1.76. The fraction of sp³-hybridized carbons (Fsp3) is 0.500. The maximum absolute atomic E-state index is 9.81. The third kappa shape index (κ3) is 0.996. The molecule has 0 spiro atoms. The SMILES string of the molecule is O=C([O-])[C@@H]1N[C@H]1C(=O)[O-]. The van der Waals surface area contributed by atoms with Gasteiger partial charge in [0, 0.05) is 0 Å². The standard InChI is InChI=1S/C4H5NO4/c6-3(7)1-2(5-1)4(8)9/h1-2,5H,(H,6,7)(H,8,9)/p-2/t1-,2-/m1/s1. The van der Waals surface area contributed by atoms with Gasteiger partial charge in [-0.3, -0.25) is 5.32 Å². The van der Waals surface area contributed by atoms with Crippen molar-refractivity contribution in [3.8, 4) is 0 Å². The molecule has 0 aromatic rings. The number of carbonyl (C=O) groups is 2. The summed E-state index contributed by atoms with van der Waals surface area (Å²) in [5, 5.41) is 21.8. The molecule has 2 atom stereocenters. The lowest BCUT2D eigenvalue weighted by Gasteiger charge is -1.96. The number of carboxylic acid groups (broad SMARTS) is 2. The monoisotopic (exact) mass is 129 g/mol. The minimum absolute atomic E-state index is 1.05. The van der Waals surface area contributed by atoms with Gasteiger partial charge >= 0.3 is 0 Å². The first-order valence-electron chi connectivity index (χ1n) is 2.30. The summed E-state index contributed by atoms with van der Waals surface area (Å²) in [4.78, 5) is 19.6. The Bertz CT molecular complexity index is 148. The van der Waals surface area contributed by atoms with Crippen LogP contribution < -0.4 is 15.5 Å². The van der Waals surface area contributed by atoms with E-state index >= 15 is 0 Å². The Kier molecular flexibility index (Phi) is 1.14. The Morgan fingerprint density at radius 2 is 1.44 bits per heavy atom. The molecule has 0 saturated carbocycles. The lowest BCUT2D eigenvalue weighted by molar-refractivity contribution is -0.311. The molecule has 0 radical (unpaired) electrons. The Morgan fingerprint density at radius 3 is 1.56 bits per heavy atom. The third-order valence-electron chi connectivity index (χ3n) is 1.09. The van der Waals surface area contributed by atoms with Gasteiger partial charge in [0.05, 0.1) is 24.0 Å². The van der Waals surface area contributed by atoms with Crippen LogP contribution in [0.1, 0.15) is 0 Å². The lowest BCUT2D eigenvalue weighted by atomic mass is 10.3. The zero-order valence-corrected chi connectivity index (χ0v) is 4.29. The van der Waals surface area contributed by atoms with Gasteiger partial charge < -0.3 is 19.8 Å². The average molecular weight is 129 g/mol. The fourth-order valence-electron chi connectivity index (χ4n) is 0.546. The number of rotatable bonds is 2. The van der Waals surface area contributed by atoms with Crippen molar-refractivity contribution in [1.82, 2.24) is 5.32 Å². The van der Waals surface area contributed by atoms with Crippen molar-refractivity contribution >= 4 is 11.9 Å². The van der Waals surface area contributed by atoms with E-state index in [-0.39, 0.29) is 0 Å². The molecular weight excluding hydrogens is 126 g/mol. The summed E-state index contributed by atoms with van der Waals surface area (Å²) in [6, 6.07) is -2.09. The molecule has 1 rings (SSSR count). The van der Waals surface area contributed by atoms with Crippen LogP contribution in [-0.2, 0) is 9.59 Å². The Labute approximate surface area is 50.3 Å². The van der Waals surface area contributed by atoms with Crippen LogP contribution in [0.5, 0.6) is 0 Å². The predicted octanol–water partition coefficient (Wildman–Crippen LogP) is -4.17. The molecule has 0 bridgehead atoms. The maximum Gasteiger partial charge on any atom is 0.0683 e. The molecule has 1 N–H and O–H groups in total. The molecule has 0 unspecified atom stereocenters. The van der Waals surface area contributed by atoms with Crippen molar-refractivity contribution in [1.29, 1.82) is 0 Å². The smallest absolute Gasteiger partial charge is 0.0683 e. The second kappa shape index (κ2) is 1.70. The minimum atomic E-state index is -1.40. The van der Waals surface area contributed by atoms with E-state index in [1.807, 2.05) is 0 Å². The van der Waals surface area contributed by atoms with Gasteiger partial charge in [-0.25, -0.2) is 0 Å². The zero-order chi connectivity index (χ0) is 7.02. The molecule has 9 heavy (non-hydrogen) atoms. The molecule has 0 aromatic carbocycles. The van der Waals surface area contributed by atoms with E-state index in [1.165, 1.54) is 0 Å². The summed E-state index contributed by atoms with van der Waals surface area (Å²) in [5.41, 5.74) is 0.